The number of piperidine rings is 1. The standard InChI is InChI=1S/C10H12ClN3O2/c11-13-5-3-8(15)9-10(13)12-4-1-2-7(12)6-14(9)16/h1-2,4,9-10,16H,3,5-6H2. The number of aromatic nitrogens is 1. The zero-order valence-electron chi connectivity index (χ0n) is 8.58. The molecule has 1 aromatic rings. The summed E-state index contributed by atoms with van der Waals surface area (Å²) < 4.78 is 3.55. The minimum Gasteiger partial charge on any atom is -0.331 e. The van der Waals surface area contributed by atoms with Crippen LogP contribution in [0.25, 0.3) is 0 Å². The van der Waals surface area contributed by atoms with E-state index >= 15 is 0 Å². The number of carbonyl (C=O) groups excluding carboxylic acids is 1. The average Bonchev–Trinajstić information content (AvgIpc) is 2.70. The van der Waals surface area contributed by atoms with Gasteiger partial charge in [0.25, 0.3) is 0 Å². The Morgan fingerprint density at radius 1 is 1.50 bits per heavy atom. The summed E-state index contributed by atoms with van der Waals surface area (Å²) in [6.45, 7) is 0.887. The Labute approximate surface area is 97.9 Å². The zero-order valence-corrected chi connectivity index (χ0v) is 9.34. The highest BCUT2D eigenvalue weighted by Gasteiger charge is 2.44. The van der Waals surface area contributed by atoms with E-state index in [0.29, 0.717) is 19.5 Å². The van der Waals surface area contributed by atoms with Crippen LogP contribution in [0, 0.1) is 0 Å². The number of nitrogens with zero attached hydrogens (tertiary/aromatic N) is 3. The van der Waals surface area contributed by atoms with E-state index in [0.717, 1.165) is 10.8 Å². The van der Waals surface area contributed by atoms with Crippen molar-refractivity contribution in [2.24, 2.45) is 0 Å². The molecule has 2 atom stereocenters. The Hall–Kier alpha value is -0.880. The summed E-state index contributed by atoms with van der Waals surface area (Å²) in [7, 11) is 0. The number of halogens is 1. The second-order valence-corrected chi connectivity index (χ2v) is 4.64. The summed E-state index contributed by atoms with van der Waals surface area (Å²) in [4.78, 5) is 11.8. The zero-order chi connectivity index (χ0) is 11.3. The number of fused-ring (bicyclic) bond motifs is 3. The lowest BCUT2D eigenvalue weighted by molar-refractivity contribution is -0.186. The smallest absolute Gasteiger partial charge is 0.157 e. The van der Waals surface area contributed by atoms with Gasteiger partial charge in [-0.15, -0.1) is 0 Å². The molecule has 16 heavy (non-hydrogen) atoms. The fourth-order valence-electron chi connectivity index (χ4n) is 2.51. The highest BCUT2D eigenvalue weighted by Crippen LogP contribution is 2.34. The lowest BCUT2D eigenvalue weighted by atomic mass is 9.99. The lowest BCUT2D eigenvalue weighted by Gasteiger charge is -2.44. The van der Waals surface area contributed by atoms with Gasteiger partial charge in [0, 0.05) is 24.9 Å². The molecule has 0 radical (unpaired) electrons. The molecule has 2 aliphatic heterocycles. The summed E-state index contributed by atoms with van der Waals surface area (Å²) in [5, 5.41) is 11.0. The summed E-state index contributed by atoms with van der Waals surface area (Å²) in [5.41, 5.74) is 0.962. The van der Waals surface area contributed by atoms with Crippen molar-refractivity contribution in [3.8, 4) is 0 Å². The van der Waals surface area contributed by atoms with Crippen molar-refractivity contribution >= 4 is 17.6 Å². The summed E-state index contributed by atoms with van der Waals surface area (Å²) >= 11 is 6.13. The van der Waals surface area contributed by atoms with Gasteiger partial charge in [0.2, 0.25) is 0 Å². The van der Waals surface area contributed by atoms with E-state index in [1.807, 2.05) is 22.9 Å². The molecule has 0 aliphatic carbocycles. The monoisotopic (exact) mass is 241 g/mol. The van der Waals surface area contributed by atoms with Crippen LogP contribution in [0.15, 0.2) is 18.3 Å². The molecule has 6 heteroatoms. The van der Waals surface area contributed by atoms with E-state index in [1.54, 1.807) is 4.42 Å². The van der Waals surface area contributed by atoms with Crippen molar-refractivity contribution in [1.82, 2.24) is 14.0 Å². The van der Waals surface area contributed by atoms with Crippen molar-refractivity contribution in [3.63, 3.8) is 0 Å². The van der Waals surface area contributed by atoms with Crippen LogP contribution in [0.4, 0.5) is 0 Å². The Kier molecular flexibility index (Phi) is 2.29. The second kappa shape index (κ2) is 3.56. The fourth-order valence-corrected chi connectivity index (χ4v) is 2.79. The van der Waals surface area contributed by atoms with Gasteiger partial charge in [-0.3, -0.25) is 4.79 Å². The highest BCUT2D eigenvalue weighted by atomic mass is 35.5. The van der Waals surface area contributed by atoms with Gasteiger partial charge < -0.3 is 9.77 Å². The molecule has 0 bridgehead atoms. The van der Waals surface area contributed by atoms with Gasteiger partial charge in [0.05, 0.1) is 6.54 Å². The number of rotatable bonds is 0. The first-order chi connectivity index (χ1) is 7.68. The third kappa shape index (κ3) is 1.33. The van der Waals surface area contributed by atoms with Crippen LogP contribution >= 0.6 is 11.8 Å². The average molecular weight is 242 g/mol. The van der Waals surface area contributed by atoms with Crippen LogP contribution in [-0.4, -0.2) is 37.6 Å². The highest BCUT2D eigenvalue weighted by molar-refractivity contribution is 6.14. The van der Waals surface area contributed by atoms with Crippen molar-refractivity contribution in [2.45, 2.75) is 25.2 Å². The SMILES string of the molecule is O=C1CCN(Cl)C2C1N(O)Cc1cccn12. The lowest BCUT2D eigenvalue weighted by Crippen LogP contribution is -2.56. The molecular weight excluding hydrogens is 230 g/mol. The predicted octanol–water partition coefficient (Wildman–Crippen LogP) is 0.989. The van der Waals surface area contributed by atoms with Crippen molar-refractivity contribution in [1.29, 1.82) is 0 Å². The van der Waals surface area contributed by atoms with Crippen LogP contribution in [0.3, 0.4) is 0 Å². The first-order valence-corrected chi connectivity index (χ1v) is 5.58. The topological polar surface area (TPSA) is 48.7 Å². The van der Waals surface area contributed by atoms with Crippen LogP contribution in [0.5, 0.6) is 0 Å². The minimum absolute atomic E-state index is 0.0451. The van der Waals surface area contributed by atoms with Crippen LogP contribution in [0.2, 0.25) is 0 Å². The first-order valence-electron chi connectivity index (χ1n) is 5.25. The van der Waals surface area contributed by atoms with E-state index in [9.17, 15) is 10.0 Å². The molecule has 1 N–H and O–H groups in total. The Bertz CT molecular complexity index is 433. The van der Waals surface area contributed by atoms with Crippen LogP contribution in [0.1, 0.15) is 18.3 Å². The molecule has 0 spiro atoms. The van der Waals surface area contributed by atoms with Crippen molar-refractivity contribution < 1.29 is 10.0 Å². The van der Waals surface area contributed by atoms with Gasteiger partial charge in [0.1, 0.15) is 12.2 Å². The first kappa shape index (κ1) is 10.3. The third-order valence-electron chi connectivity index (χ3n) is 3.27. The minimum atomic E-state index is -0.550. The fraction of sp³-hybridized carbons (Fsp3) is 0.500. The largest absolute Gasteiger partial charge is 0.331 e. The molecule has 2 aliphatic rings. The number of hydroxylamine groups is 2. The van der Waals surface area contributed by atoms with E-state index in [4.69, 9.17) is 11.8 Å². The molecular formula is C10H12ClN3O2. The Morgan fingerprint density at radius 2 is 2.31 bits per heavy atom. The maximum absolute atomic E-state index is 11.8. The number of Topliss-reactive ketones (excluding diaryl/α,β-unsaturated/α-hetero) is 1. The van der Waals surface area contributed by atoms with Crippen LogP contribution in [-0.2, 0) is 11.3 Å². The molecule has 3 heterocycles. The van der Waals surface area contributed by atoms with Gasteiger partial charge in [-0.05, 0) is 23.9 Å². The van der Waals surface area contributed by atoms with Gasteiger partial charge in [-0.2, -0.15) is 9.48 Å². The maximum Gasteiger partial charge on any atom is 0.157 e. The third-order valence-corrected chi connectivity index (χ3v) is 3.64. The quantitative estimate of drug-likeness (QED) is 0.689. The number of carbonyl (C=O) groups is 1. The van der Waals surface area contributed by atoms with E-state index < -0.39 is 6.04 Å². The van der Waals surface area contributed by atoms with Gasteiger partial charge >= 0.3 is 0 Å². The van der Waals surface area contributed by atoms with Crippen molar-refractivity contribution in [3.05, 3.63) is 24.0 Å². The molecule has 3 rings (SSSR count). The molecule has 2 unspecified atom stereocenters. The second-order valence-electron chi connectivity index (χ2n) is 4.20. The number of hydrogen-bond acceptors (Lipinski definition) is 4. The summed E-state index contributed by atoms with van der Waals surface area (Å²) in [6.07, 6.45) is 1.98. The van der Waals surface area contributed by atoms with E-state index in [-0.39, 0.29) is 11.9 Å². The molecule has 1 fully saturated rings. The number of hydrogen-bond donors (Lipinski definition) is 1. The summed E-state index contributed by atoms with van der Waals surface area (Å²) in [6, 6.07) is 3.27. The normalized spacial score (nSPS) is 31.2. The molecule has 1 aromatic heterocycles. The molecule has 0 aromatic carbocycles. The maximum atomic E-state index is 11.8. The van der Waals surface area contributed by atoms with Gasteiger partial charge in [-0.25, -0.2) is 0 Å². The number of ketones is 1. The predicted molar refractivity (Wildman–Crippen MR) is 56.8 cm³/mol. The summed E-state index contributed by atoms with van der Waals surface area (Å²) in [5.74, 6) is 0.0451. The Balaban J connectivity index is 2.08. The van der Waals surface area contributed by atoms with Gasteiger partial charge in [-0.1, -0.05) is 0 Å². The molecule has 5 nitrogen and oxygen atoms in total. The van der Waals surface area contributed by atoms with Crippen LogP contribution < -0.4 is 0 Å². The van der Waals surface area contributed by atoms with E-state index in [1.165, 1.54) is 0 Å². The molecule has 1 saturated heterocycles. The molecule has 0 saturated carbocycles. The van der Waals surface area contributed by atoms with Gasteiger partial charge in [0.15, 0.2) is 5.78 Å². The molecule has 0 amide bonds. The molecule has 86 valence electrons. The van der Waals surface area contributed by atoms with Crippen molar-refractivity contribution in [2.75, 3.05) is 6.54 Å². The Morgan fingerprint density at radius 3 is 3.12 bits per heavy atom. The van der Waals surface area contributed by atoms with E-state index in [2.05, 4.69) is 0 Å².